The molecule has 2 aliphatic rings. The fourth-order valence-electron chi connectivity index (χ4n) is 5.59. The summed E-state index contributed by atoms with van der Waals surface area (Å²) in [5.41, 5.74) is 1.41. The highest BCUT2D eigenvalue weighted by Gasteiger charge is 2.43. The minimum absolute atomic E-state index is 0.0413. The van der Waals surface area contributed by atoms with Crippen molar-refractivity contribution in [1.82, 2.24) is 9.58 Å². The summed E-state index contributed by atoms with van der Waals surface area (Å²) >= 11 is 0. The molecule has 4 heterocycles. The number of fused-ring (bicyclic) bond motifs is 4. The van der Waals surface area contributed by atoms with E-state index in [0.717, 1.165) is 5.56 Å². The molecule has 1 amide bonds. The van der Waals surface area contributed by atoms with Crippen LogP contribution in [-0.2, 0) is 13.0 Å². The monoisotopic (exact) mass is 549 g/mol. The van der Waals surface area contributed by atoms with E-state index in [9.17, 15) is 23.2 Å². The van der Waals surface area contributed by atoms with Crippen LogP contribution in [0.15, 0.2) is 73.2 Å². The van der Waals surface area contributed by atoms with Crippen molar-refractivity contribution < 1.29 is 27.1 Å². The second-order valence-electron chi connectivity index (χ2n) is 9.87. The second kappa shape index (κ2) is 9.82. The molecule has 2 aromatic carbocycles. The zero-order valence-corrected chi connectivity index (χ0v) is 21.7. The first-order valence-corrected chi connectivity index (χ1v) is 12.8. The first-order valence-electron chi connectivity index (χ1n) is 12.8. The van der Waals surface area contributed by atoms with Gasteiger partial charge >= 0.3 is 5.82 Å². The Labute approximate surface area is 226 Å². The van der Waals surface area contributed by atoms with Crippen LogP contribution in [0.1, 0.15) is 57.6 Å². The molecule has 0 aliphatic carbocycles. The molecule has 40 heavy (non-hydrogen) atoms. The Morgan fingerprint density at radius 3 is 2.50 bits per heavy atom. The number of pyridine rings is 1. The Hall–Kier alpha value is -4.67. The van der Waals surface area contributed by atoms with Crippen molar-refractivity contribution in [1.29, 1.82) is 0 Å². The maximum atomic E-state index is 14.7. The van der Waals surface area contributed by atoms with Crippen LogP contribution in [0.4, 0.5) is 8.78 Å². The van der Waals surface area contributed by atoms with Gasteiger partial charge in [-0.1, -0.05) is 30.3 Å². The molecular weight excluding hydrogens is 524 g/mol. The predicted octanol–water partition coefficient (Wildman–Crippen LogP) is 4.04. The summed E-state index contributed by atoms with van der Waals surface area (Å²) in [7, 11) is 1.64. The van der Waals surface area contributed by atoms with Crippen molar-refractivity contribution in [3.05, 3.63) is 121 Å². The van der Waals surface area contributed by atoms with Gasteiger partial charge in [-0.3, -0.25) is 19.3 Å². The van der Waals surface area contributed by atoms with Crippen molar-refractivity contribution in [3.63, 3.8) is 0 Å². The molecule has 4 aromatic rings. The largest absolute Gasteiger partial charge is 0.519 e. The number of hydrogen-bond donors (Lipinski definition) is 0. The molecular formula is C29H25F2N3O6. The van der Waals surface area contributed by atoms with Crippen LogP contribution in [0.5, 0.6) is 5.75 Å². The van der Waals surface area contributed by atoms with Crippen molar-refractivity contribution in [2.75, 3.05) is 12.1 Å². The molecule has 2 atom stereocenters. The van der Waals surface area contributed by atoms with Crippen LogP contribution < -0.4 is 21.0 Å². The highest BCUT2D eigenvalue weighted by Crippen LogP contribution is 2.39. The van der Waals surface area contributed by atoms with Crippen molar-refractivity contribution in [2.45, 2.75) is 45.0 Å². The van der Waals surface area contributed by atoms with E-state index in [4.69, 9.17) is 13.6 Å². The van der Waals surface area contributed by atoms with Crippen LogP contribution in [0.3, 0.4) is 0 Å². The van der Waals surface area contributed by atoms with E-state index < -0.39 is 41.0 Å². The summed E-state index contributed by atoms with van der Waals surface area (Å²) < 4.78 is 46.3. The van der Waals surface area contributed by atoms with Crippen LogP contribution in [0, 0.1) is 18.6 Å². The van der Waals surface area contributed by atoms with Gasteiger partial charge in [0, 0.05) is 19.3 Å². The zero-order chi connectivity index (χ0) is 28.1. The highest BCUT2D eigenvalue weighted by molar-refractivity contribution is 5.96. The van der Waals surface area contributed by atoms with E-state index in [1.165, 1.54) is 36.2 Å². The smallest absolute Gasteiger partial charge is 0.479 e. The quantitative estimate of drug-likeness (QED) is 0.379. The molecule has 2 aliphatic heterocycles. The van der Waals surface area contributed by atoms with Crippen LogP contribution in [-0.4, -0.2) is 28.7 Å². The zero-order valence-electron chi connectivity index (χ0n) is 21.7. The standard InChI is InChI=1S/C29H25F2N3O6/c1-16-23(40-29(37)39-16)15-38-27-22(35)11-12-33-26(27)28(36)32(2)24-10-6-9-18-13-20(30)21(31)14-19(18)25(34(24)33)17-7-4-3-5-8-17/h3-5,7-8,11-14,24-25H,6,9-10,15H2,1-2H3/t24-,25+/m0/s1. The average Bonchev–Trinajstić information content (AvgIpc) is 3.26. The fourth-order valence-corrected chi connectivity index (χ4v) is 5.59. The molecule has 9 nitrogen and oxygen atoms in total. The number of ether oxygens (including phenoxy) is 1. The molecule has 0 radical (unpaired) electrons. The number of rotatable bonds is 4. The molecule has 0 spiro atoms. The van der Waals surface area contributed by atoms with Gasteiger partial charge in [-0.25, -0.2) is 13.6 Å². The highest BCUT2D eigenvalue weighted by atomic mass is 19.2. The lowest BCUT2D eigenvalue weighted by Gasteiger charge is -2.50. The number of aryl methyl sites for hydroxylation is 2. The van der Waals surface area contributed by atoms with Crippen molar-refractivity contribution in [3.8, 4) is 5.75 Å². The number of amides is 1. The summed E-state index contributed by atoms with van der Waals surface area (Å²) in [6.07, 6.45) is 2.66. The Bertz CT molecular complexity index is 1730. The van der Waals surface area contributed by atoms with Crippen LogP contribution in [0.25, 0.3) is 0 Å². The summed E-state index contributed by atoms with van der Waals surface area (Å²) in [5.74, 6) is -3.21. The summed E-state index contributed by atoms with van der Waals surface area (Å²) in [4.78, 5) is 39.8. The summed E-state index contributed by atoms with van der Waals surface area (Å²) in [6, 6.07) is 12.4. The van der Waals surface area contributed by atoms with Gasteiger partial charge in [0.1, 0.15) is 12.8 Å². The summed E-state index contributed by atoms with van der Waals surface area (Å²) in [5, 5.41) is 1.90. The number of hydrogen-bond acceptors (Lipinski definition) is 7. The maximum Gasteiger partial charge on any atom is 0.519 e. The molecule has 11 heteroatoms. The minimum atomic E-state index is -0.973. The fraction of sp³-hybridized carbons (Fsp3) is 0.276. The van der Waals surface area contributed by atoms with E-state index in [0.29, 0.717) is 30.4 Å². The van der Waals surface area contributed by atoms with Crippen LogP contribution >= 0.6 is 0 Å². The third kappa shape index (κ3) is 4.18. The maximum absolute atomic E-state index is 14.7. The van der Waals surface area contributed by atoms with Gasteiger partial charge in [-0.05, 0) is 55.0 Å². The SMILES string of the molecule is Cc1oc(=O)oc1COc1c2n(ccc1=O)N1[C@H](c3ccccc3)c3cc(F)c(F)cc3CCC[C@H]1N(C)C2=O. The van der Waals surface area contributed by atoms with E-state index in [1.54, 1.807) is 11.7 Å². The normalized spacial score (nSPS) is 18.4. The molecule has 2 aromatic heterocycles. The molecule has 0 bridgehead atoms. The first-order chi connectivity index (χ1) is 19.2. The lowest BCUT2D eigenvalue weighted by atomic mass is 9.88. The Kier molecular flexibility index (Phi) is 6.28. The van der Waals surface area contributed by atoms with E-state index in [-0.39, 0.29) is 29.6 Å². The van der Waals surface area contributed by atoms with Crippen LogP contribution in [0.2, 0.25) is 0 Å². The molecule has 0 fully saturated rings. The van der Waals surface area contributed by atoms with Gasteiger partial charge in [0.2, 0.25) is 5.43 Å². The second-order valence-corrected chi connectivity index (χ2v) is 9.87. The predicted molar refractivity (Wildman–Crippen MR) is 139 cm³/mol. The lowest BCUT2D eigenvalue weighted by Crippen LogP contribution is -2.61. The molecule has 0 saturated heterocycles. The first kappa shape index (κ1) is 25.6. The molecule has 0 N–H and O–H groups in total. The van der Waals surface area contributed by atoms with Gasteiger partial charge in [0.15, 0.2) is 34.6 Å². The number of aromatic nitrogens is 1. The van der Waals surface area contributed by atoms with E-state index in [2.05, 4.69) is 0 Å². The van der Waals surface area contributed by atoms with Gasteiger partial charge in [0.05, 0.1) is 6.04 Å². The van der Waals surface area contributed by atoms with Gasteiger partial charge in [-0.2, -0.15) is 0 Å². The number of nitrogens with zero attached hydrogens (tertiary/aromatic N) is 3. The molecule has 0 saturated carbocycles. The number of halogens is 2. The Morgan fingerprint density at radius 1 is 1.02 bits per heavy atom. The summed E-state index contributed by atoms with van der Waals surface area (Å²) in [6.45, 7) is 1.20. The van der Waals surface area contributed by atoms with E-state index in [1.807, 2.05) is 35.3 Å². The third-order valence-corrected chi connectivity index (χ3v) is 7.51. The Morgan fingerprint density at radius 2 is 1.77 bits per heavy atom. The van der Waals surface area contributed by atoms with Crippen molar-refractivity contribution in [2.24, 2.45) is 0 Å². The number of carbonyl (C=O) groups is 1. The lowest BCUT2D eigenvalue weighted by molar-refractivity contribution is 0.0595. The molecule has 0 unspecified atom stereocenters. The minimum Gasteiger partial charge on any atom is -0.479 e. The average molecular weight is 550 g/mol. The van der Waals surface area contributed by atoms with E-state index >= 15 is 0 Å². The topological polar surface area (TPSA) is 98.1 Å². The van der Waals surface area contributed by atoms with Gasteiger partial charge in [0.25, 0.3) is 5.91 Å². The third-order valence-electron chi connectivity index (χ3n) is 7.51. The number of benzene rings is 2. The van der Waals surface area contributed by atoms with Gasteiger partial charge in [-0.15, -0.1) is 0 Å². The molecule has 6 rings (SSSR count). The molecule has 206 valence electrons. The Balaban J connectivity index is 1.56. The van der Waals surface area contributed by atoms with Gasteiger partial charge < -0.3 is 18.5 Å². The van der Waals surface area contributed by atoms with Crippen molar-refractivity contribution >= 4 is 5.91 Å². The number of carbonyl (C=O) groups excluding carboxylic acids is 1.